The van der Waals surface area contributed by atoms with Crippen molar-refractivity contribution in [3.8, 4) is 34.1 Å². The summed E-state index contributed by atoms with van der Waals surface area (Å²) in [5.41, 5.74) is 4.22. The van der Waals surface area contributed by atoms with Crippen LogP contribution in [0.1, 0.15) is 18.2 Å². The lowest BCUT2D eigenvalue weighted by Crippen LogP contribution is -1.97. The van der Waals surface area contributed by atoms with Crippen LogP contribution in [0.2, 0.25) is 5.15 Å². The zero-order chi connectivity index (χ0) is 22.5. The molecule has 0 amide bonds. The van der Waals surface area contributed by atoms with Crippen molar-refractivity contribution in [2.24, 2.45) is 0 Å². The molecule has 0 unspecified atom stereocenters. The Morgan fingerprint density at radius 1 is 1.06 bits per heavy atom. The quantitative estimate of drug-likeness (QED) is 0.312. The van der Waals surface area contributed by atoms with Crippen molar-refractivity contribution in [3.05, 3.63) is 71.3 Å². The fourth-order valence-electron chi connectivity index (χ4n) is 3.13. The maximum absolute atomic E-state index is 6.50. The first-order valence-corrected chi connectivity index (χ1v) is 11.5. The second kappa shape index (κ2) is 10.1. The highest BCUT2D eigenvalue weighted by atomic mass is 35.5. The first-order valence-electron chi connectivity index (χ1n) is 10.1. The number of aromatic amines is 1. The van der Waals surface area contributed by atoms with Crippen LogP contribution in [0.3, 0.4) is 0 Å². The van der Waals surface area contributed by atoms with Crippen LogP contribution in [-0.2, 0) is 6.61 Å². The lowest BCUT2D eigenvalue weighted by atomic mass is 10.1. The predicted octanol–water partition coefficient (Wildman–Crippen LogP) is 6.20. The number of benzene rings is 1. The number of hydrogen-bond donors (Lipinski definition) is 1. The largest absolute Gasteiger partial charge is 0.496 e. The highest BCUT2D eigenvalue weighted by Gasteiger charge is 2.17. The van der Waals surface area contributed by atoms with Crippen LogP contribution in [0.5, 0.6) is 11.5 Å². The molecule has 0 aliphatic carbocycles. The standard InChI is InChI=1S/C24H23ClN4O2S/c1-4-32-21-10-7-17(13-27-21)24-28-22(23(25)29-24)19-9-8-18(11-20(19)30-3)31-14-16-6-5-15(2)26-12-16/h5-13H,4,14H2,1-3H3,(H,28,29). The molecule has 0 saturated heterocycles. The molecule has 1 N–H and O–H groups in total. The fourth-order valence-corrected chi connectivity index (χ4v) is 3.95. The number of H-pyrrole nitrogens is 1. The topological polar surface area (TPSA) is 72.9 Å². The van der Waals surface area contributed by atoms with Crippen LogP contribution < -0.4 is 9.47 Å². The summed E-state index contributed by atoms with van der Waals surface area (Å²) in [7, 11) is 1.61. The summed E-state index contributed by atoms with van der Waals surface area (Å²) in [6, 6.07) is 13.5. The molecule has 3 heterocycles. The zero-order valence-corrected chi connectivity index (χ0v) is 19.6. The predicted molar refractivity (Wildman–Crippen MR) is 129 cm³/mol. The van der Waals surface area contributed by atoms with Gasteiger partial charge in [0.25, 0.3) is 0 Å². The molecule has 4 aromatic rings. The van der Waals surface area contributed by atoms with E-state index in [1.54, 1.807) is 25.1 Å². The molecule has 0 aliphatic rings. The van der Waals surface area contributed by atoms with E-state index in [0.29, 0.717) is 34.8 Å². The number of aryl methyl sites for hydroxylation is 1. The molecule has 32 heavy (non-hydrogen) atoms. The first-order chi connectivity index (χ1) is 15.6. The molecule has 0 fully saturated rings. The SMILES string of the molecule is CCSc1ccc(-c2nc(-c3ccc(OCc4ccc(C)nc4)cc3OC)c(Cl)[nH]2)cn1. The summed E-state index contributed by atoms with van der Waals surface area (Å²) in [6.07, 6.45) is 3.61. The van der Waals surface area contributed by atoms with Crippen LogP contribution in [0, 0.1) is 6.92 Å². The molecular formula is C24H23ClN4O2S. The fraction of sp³-hybridized carbons (Fsp3) is 0.208. The number of methoxy groups -OCH3 is 1. The van der Waals surface area contributed by atoms with Crippen LogP contribution >= 0.6 is 23.4 Å². The van der Waals surface area contributed by atoms with Gasteiger partial charge in [0.15, 0.2) is 0 Å². The maximum atomic E-state index is 6.50. The molecular weight excluding hydrogens is 444 g/mol. The third-order valence-corrected chi connectivity index (χ3v) is 5.87. The monoisotopic (exact) mass is 466 g/mol. The first kappa shape index (κ1) is 22.2. The van der Waals surface area contributed by atoms with Crippen molar-refractivity contribution < 1.29 is 9.47 Å². The Bertz CT molecular complexity index is 1190. The average molecular weight is 467 g/mol. The van der Waals surface area contributed by atoms with Crippen molar-refractivity contribution >= 4 is 23.4 Å². The smallest absolute Gasteiger partial charge is 0.140 e. The van der Waals surface area contributed by atoms with Gasteiger partial charge in [0.1, 0.15) is 34.8 Å². The molecule has 4 rings (SSSR count). The third-order valence-electron chi connectivity index (χ3n) is 4.77. The lowest BCUT2D eigenvalue weighted by Gasteiger charge is -2.11. The molecule has 8 heteroatoms. The number of aromatic nitrogens is 4. The third kappa shape index (κ3) is 5.06. The number of rotatable bonds is 8. The molecule has 0 atom stereocenters. The normalized spacial score (nSPS) is 10.9. The number of imidazole rings is 1. The van der Waals surface area contributed by atoms with E-state index >= 15 is 0 Å². The Labute approximate surface area is 196 Å². The molecule has 3 aromatic heterocycles. The number of nitrogens with zero attached hydrogens (tertiary/aromatic N) is 3. The molecule has 0 saturated carbocycles. The van der Waals surface area contributed by atoms with Gasteiger partial charge in [0.2, 0.25) is 0 Å². The second-order valence-electron chi connectivity index (χ2n) is 7.02. The number of ether oxygens (including phenoxy) is 2. The van der Waals surface area contributed by atoms with Crippen LogP contribution in [0.25, 0.3) is 22.6 Å². The minimum atomic E-state index is 0.419. The Morgan fingerprint density at radius 3 is 2.62 bits per heavy atom. The molecule has 164 valence electrons. The van der Waals surface area contributed by atoms with Crippen molar-refractivity contribution in [3.63, 3.8) is 0 Å². The van der Waals surface area contributed by atoms with Crippen molar-refractivity contribution in [1.29, 1.82) is 0 Å². The van der Waals surface area contributed by atoms with E-state index in [0.717, 1.165) is 33.2 Å². The van der Waals surface area contributed by atoms with Gasteiger partial charge in [0.05, 0.1) is 12.1 Å². The number of hydrogen-bond acceptors (Lipinski definition) is 6. The van der Waals surface area contributed by atoms with Gasteiger partial charge in [-0.15, -0.1) is 11.8 Å². The van der Waals surface area contributed by atoms with Crippen molar-refractivity contribution in [2.45, 2.75) is 25.5 Å². The molecule has 6 nitrogen and oxygen atoms in total. The van der Waals surface area contributed by atoms with E-state index in [-0.39, 0.29) is 0 Å². The van der Waals surface area contributed by atoms with E-state index in [4.69, 9.17) is 26.1 Å². The Hall–Kier alpha value is -3.03. The number of nitrogens with one attached hydrogen (secondary N) is 1. The van der Waals surface area contributed by atoms with Gasteiger partial charge in [-0.25, -0.2) is 9.97 Å². The van der Waals surface area contributed by atoms with Gasteiger partial charge < -0.3 is 14.5 Å². The zero-order valence-electron chi connectivity index (χ0n) is 18.1. The van der Waals surface area contributed by atoms with Gasteiger partial charge in [-0.2, -0.15) is 0 Å². The van der Waals surface area contributed by atoms with E-state index in [2.05, 4.69) is 21.9 Å². The van der Waals surface area contributed by atoms with Gasteiger partial charge in [-0.05, 0) is 43.0 Å². The van der Waals surface area contributed by atoms with E-state index < -0.39 is 0 Å². The lowest BCUT2D eigenvalue weighted by molar-refractivity contribution is 0.303. The molecule has 0 bridgehead atoms. The molecule has 0 spiro atoms. The Balaban J connectivity index is 1.55. The van der Waals surface area contributed by atoms with Crippen LogP contribution in [0.4, 0.5) is 0 Å². The van der Waals surface area contributed by atoms with Crippen molar-refractivity contribution in [2.75, 3.05) is 12.9 Å². The summed E-state index contributed by atoms with van der Waals surface area (Å²) in [6.45, 7) is 4.47. The highest BCUT2D eigenvalue weighted by molar-refractivity contribution is 7.99. The Kier molecular flexibility index (Phi) is 6.97. The van der Waals surface area contributed by atoms with Crippen molar-refractivity contribution in [1.82, 2.24) is 19.9 Å². The minimum absolute atomic E-state index is 0.419. The van der Waals surface area contributed by atoms with E-state index in [9.17, 15) is 0 Å². The summed E-state index contributed by atoms with van der Waals surface area (Å²) < 4.78 is 11.5. The summed E-state index contributed by atoms with van der Waals surface area (Å²) in [4.78, 5) is 16.6. The second-order valence-corrected chi connectivity index (χ2v) is 8.69. The summed E-state index contributed by atoms with van der Waals surface area (Å²) in [5.74, 6) is 2.94. The van der Waals surface area contributed by atoms with Gasteiger partial charge in [-0.1, -0.05) is 24.6 Å². The van der Waals surface area contributed by atoms with Gasteiger partial charge in [-0.3, -0.25) is 4.98 Å². The molecule has 0 radical (unpaired) electrons. The van der Waals surface area contributed by atoms with Gasteiger partial charge in [0, 0.05) is 40.8 Å². The highest BCUT2D eigenvalue weighted by Crippen LogP contribution is 2.37. The van der Waals surface area contributed by atoms with E-state index in [1.165, 1.54) is 0 Å². The minimum Gasteiger partial charge on any atom is -0.496 e. The average Bonchev–Trinajstić information content (AvgIpc) is 3.20. The van der Waals surface area contributed by atoms with E-state index in [1.807, 2.05) is 55.6 Å². The van der Waals surface area contributed by atoms with Crippen LogP contribution in [0.15, 0.2) is 59.9 Å². The maximum Gasteiger partial charge on any atom is 0.140 e. The number of halogens is 1. The molecule has 0 aliphatic heterocycles. The number of pyridine rings is 2. The summed E-state index contributed by atoms with van der Waals surface area (Å²) >= 11 is 8.19. The number of thioether (sulfide) groups is 1. The van der Waals surface area contributed by atoms with Crippen LogP contribution in [-0.4, -0.2) is 32.8 Å². The van der Waals surface area contributed by atoms with Gasteiger partial charge >= 0.3 is 0 Å². The summed E-state index contributed by atoms with van der Waals surface area (Å²) in [5, 5.41) is 1.41. The molecule has 1 aromatic carbocycles. The Morgan fingerprint density at radius 2 is 1.94 bits per heavy atom.